The standard InChI is InChI=1S/C13H17BrN2O3S/c1-8-3-2-5-16(11(8)12(17)18)13(19)15-7-10-9(14)4-6-20-10/h4,6,8,11H,2-3,5,7H2,1H3,(H,15,19)(H,17,18). The van der Waals surface area contributed by atoms with E-state index in [4.69, 9.17) is 0 Å². The number of likely N-dealkylation sites (tertiary alicyclic amines) is 1. The minimum absolute atomic E-state index is 0.0135. The van der Waals surface area contributed by atoms with E-state index in [0.29, 0.717) is 13.1 Å². The molecule has 0 saturated carbocycles. The van der Waals surface area contributed by atoms with Crippen molar-refractivity contribution in [3.63, 3.8) is 0 Å². The molecular weight excluding hydrogens is 344 g/mol. The SMILES string of the molecule is CC1CCCN(C(=O)NCc2sccc2Br)C1C(=O)O. The number of carbonyl (C=O) groups is 2. The fraction of sp³-hybridized carbons (Fsp3) is 0.538. The molecule has 0 bridgehead atoms. The highest BCUT2D eigenvalue weighted by molar-refractivity contribution is 9.10. The first kappa shape index (κ1) is 15.3. The van der Waals surface area contributed by atoms with E-state index in [2.05, 4.69) is 21.2 Å². The molecule has 7 heteroatoms. The molecule has 2 unspecified atom stereocenters. The fourth-order valence-corrected chi connectivity index (χ4v) is 3.93. The first-order valence-corrected chi connectivity index (χ1v) is 8.17. The van der Waals surface area contributed by atoms with Gasteiger partial charge in [-0.1, -0.05) is 6.92 Å². The minimum atomic E-state index is -0.926. The number of carboxylic acid groups (broad SMARTS) is 1. The number of rotatable bonds is 3. The maximum Gasteiger partial charge on any atom is 0.326 e. The molecule has 2 rings (SSSR count). The van der Waals surface area contributed by atoms with Crippen LogP contribution in [0.25, 0.3) is 0 Å². The van der Waals surface area contributed by atoms with Gasteiger partial charge in [0.1, 0.15) is 6.04 Å². The monoisotopic (exact) mass is 360 g/mol. The molecule has 1 fully saturated rings. The second-order valence-corrected chi connectivity index (χ2v) is 6.80. The molecule has 0 spiro atoms. The number of halogens is 1. The predicted molar refractivity (Wildman–Crippen MR) is 80.8 cm³/mol. The number of carboxylic acids is 1. The lowest BCUT2D eigenvalue weighted by molar-refractivity contribution is -0.145. The van der Waals surface area contributed by atoms with Crippen LogP contribution in [0.2, 0.25) is 0 Å². The van der Waals surface area contributed by atoms with Crippen LogP contribution in [0.1, 0.15) is 24.6 Å². The van der Waals surface area contributed by atoms with Crippen LogP contribution < -0.4 is 5.32 Å². The summed E-state index contributed by atoms with van der Waals surface area (Å²) >= 11 is 4.96. The number of carbonyl (C=O) groups excluding carboxylic acids is 1. The summed E-state index contributed by atoms with van der Waals surface area (Å²) in [6.07, 6.45) is 1.69. The molecule has 2 amide bonds. The van der Waals surface area contributed by atoms with Gasteiger partial charge in [-0.05, 0) is 46.1 Å². The third-order valence-corrected chi connectivity index (χ3v) is 5.46. The number of nitrogens with zero attached hydrogens (tertiary/aromatic N) is 1. The number of thiophene rings is 1. The average Bonchev–Trinajstić information content (AvgIpc) is 2.80. The Labute approximate surface area is 130 Å². The van der Waals surface area contributed by atoms with Crippen LogP contribution in [0.4, 0.5) is 4.79 Å². The van der Waals surface area contributed by atoms with Crippen LogP contribution in [-0.2, 0) is 11.3 Å². The Morgan fingerprint density at radius 1 is 1.60 bits per heavy atom. The maximum atomic E-state index is 12.2. The zero-order chi connectivity index (χ0) is 14.7. The van der Waals surface area contributed by atoms with E-state index < -0.39 is 12.0 Å². The Balaban J connectivity index is 2.00. The Morgan fingerprint density at radius 2 is 2.35 bits per heavy atom. The van der Waals surface area contributed by atoms with Crippen molar-refractivity contribution < 1.29 is 14.7 Å². The van der Waals surface area contributed by atoms with Crippen molar-refractivity contribution in [1.82, 2.24) is 10.2 Å². The normalized spacial score (nSPS) is 22.6. The summed E-state index contributed by atoms with van der Waals surface area (Å²) in [6, 6.07) is 0.898. The Kier molecular flexibility index (Phi) is 5.04. The fourth-order valence-electron chi connectivity index (χ4n) is 2.50. The number of amides is 2. The van der Waals surface area contributed by atoms with Crippen molar-refractivity contribution in [3.05, 3.63) is 20.8 Å². The molecule has 1 aromatic heterocycles. The van der Waals surface area contributed by atoms with Gasteiger partial charge in [0.25, 0.3) is 0 Å². The number of aliphatic carboxylic acids is 1. The van der Waals surface area contributed by atoms with E-state index in [0.717, 1.165) is 22.2 Å². The zero-order valence-electron chi connectivity index (χ0n) is 11.1. The average molecular weight is 361 g/mol. The van der Waals surface area contributed by atoms with E-state index in [1.165, 1.54) is 4.90 Å². The van der Waals surface area contributed by atoms with E-state index in [-0.39, 0.29) is 11.9 Å². The molecule has 5 nitrogen and oxygen atoms in total. The summed E-state index contributed by atoms with van der Waals surface area (Å²) in [6.45, 7) is 2.79. The molecule has 2 heterocycles. The lowest BCUT2D eigenvalue weighted by atomic mass is 9.91. The molecule has 1 aliphatic rings. The van der Waals surface area contributed by atoms with Crippen LogP contribution in [0, 0.1) is 5.92 Å². The predicted octanol–water partition coefficient (Wildman–Crippen LogP) is 2.91. The van der Waals surface area contributed by atoms with Gasteiger partial charge in [0.15, 0.2) is 0 Å². The summed E-state index contributed by atoms with van der Waals surface area (Å²) in [5, 5.41) is 14.0. The van der Waals surface area contributed by atoms with E-state index >= 15 is 0 Å². The molecule has 0 radical (unpaired) electrons. The van der Waals surface area contributed by atoms with E-state index in [1.807, 2.05) is 18.4 Å². The van der Waals surface area contributed by atoms with Crippen molar-refractivity contribution in [2.24, 2.45) is 5.92 Å². The second kappa shape index (κ2) is 6.58. The van der Waals surface area contributed by atoms with Crippen molar-refractivity contribution in [3.8, 4) is 0 Å². The second-order valence-electron chi connectivity index (χ2n) is 4.95. The number of hydrogen-bond donors (Lipinski definition) is 2. The van der Waals surface area contributed by atoms with Crippen molar-refractivity contribution >= 4 is 39.3 Å². The van der Waals surface area contributed by atoms with Gasteiger partial charge in [-0.15, -0.1) is 11.3 Å². The van der Waals surface area contributed by atoms with Gasteiger partial charge in [0.05, 0.1) is 6.54 Å². The van der Waals surface area contributed by atoms with Crippen LogP contribution in [0.3, 0.4) is 0 Å². The minimum Gasteiger partial charge on any atom is -0.480 e. The lowest BCUT2D eigenvalue weighted by Gasteiger charge is -2.37. The third-order valence-electron chi connectivity index (χ3n) is 3.54. The van der Waals surface area contributed by atoms with E-state index in [9.17, 15) is 14.7 Å². The van der Waals surface area contributed by atoms with Crippen LogP contribution in [0.15, 0.2) is 15.9 Å². The van der Waals surface area contributed by atoms with Gasteiger partial charge in [-0.3, -0.25) is 0 Å². The Bertz CT molecular complexity index is 506. The van der Waals surface area contributed by atoms with Gasteiger partial charge in [0, 0.05) is 15.9 Å². The molecular formula is C13H17BrN2O3S. The van der Waals surface area contributed by atoms with Gasteiger partial charge >= 0.3 is 12.0 Å². The maximum absolute atomic E-state index is 12.2. The van der Waals surface area contributed by atoms with Crippen LogP contribution in [0.5, 0.6) is 0 Å². The quantitative estimate of drug-likeness (QED) is 0.870. The molecule has 0 aromatic carbocycles. The molecule has 1 aromatic rings. The Morgan fingerprint density at radius 3 is 2.95 bits per heavy atom. The molecule has 1 saturated heterocycles. The highest BCUT2D eigenvalue weighted by Gasteiger charge is 2.36. The first-order chi connectivity index (χ1) is 9.50. The first-order valence-electron chi connectivity index (χ1n) is 6.50. The summed E-state index contributed by atoms with van der Waals surface area (Å²) in [7, 11) is 0. The van der Waals surface area contributed by atoms with Crippen LogP contribution in [-0.4, -0.2) is 34.6 Å². The third kappa shape index (κ3) is 3.32. The number of piperidine rings is 1. The highest BCUT2D eigenvalue weighted by Crippen LogP contribution is 2.25. The summed E-state index contributed by atoms with van der Waals surface area (Å²) in [4.78, 5) is 26.0. The van der Waals surface area contributed by atoms with Crippen LogP contribution >= 0.6 is 27.3 Å². The summed E-state index contributed by atoms with van der Waals surface area (Å²) < 4.78 is 0.963. The topological polar surface area (TPSA) is 69.6 Å². The largest absolute Gasteiger partial charge is 0.480 e. The number of urea groups is 1. The number of hydrogen-bond acceptors (Lipinski definition) is 3. The molecule has 0 aliphatic carbocycles. The Hall–Kier alpha value is -1.08. The van der Waals surface area contributed by atoms with Gasteiger partial charge < -0.3 is 15.3 Å². The van der Waals surface area contributed by atoms with Crippen molar-refractivity contribution in [2.75, 3.05) is 6.54 Å². The summed E-state index contributed by atoms with van der Waals surface area (Å²) in [5.74, 6) is -0.940. The molecule has 2 N–H and O–H groups in total. The molecule has 20 heavy (non-hydrogen) atoms. The molecule has 110 valence electrons. The smallest absolute Gasteiger partial charge is 0.326 e. The summed E-state index contributed by atoms with van der Waals surface area (Å²) in [5.41, 5.74) is 0. The highest BCUT2D eigenvalue weighted by atomic mass is 79.9. The molecule has 1 aliphatic heterocycles. The van der Waals surface area contributed by atoms with E-state index in [1.54, 1.807) is 11.3 Å². The van der Waals surface area contributed by atoms with Crippen molar-refractivity contribution in [1.29, 1.82) is 0 Å². The van der Waals surface area contributed by atoms with Gasteiger partial charge in [-0.25, -0.2) is 9.59 Å². The molecule has 2 atom stereocenters. The van der Waals surface area contributed by atoms with Crippen molar-refractivity contribution in [2.45, 2.75) is 32.4 Å². The van der Waals surface area contributed by atoms with Gasteiger partial charge in [-0.2, -0.15) is 0 Å². The lowest BCUT2D eigenvalue weighted by Crippen LogP contribution is -2.54. The zero-order valence-corrected chi connectivity index (χ0v) is 13.5. The number of nitrogens with one attached hydrogen (secondary N) is 1. The van der Waals surface area contributed by atoms with Gasteiger partial charge in [0.2, 0.25) is 0 Å².